The van der Waals surface area contributed by atoms with Gasteiger partial charge in [0.1, 0.15) is 0 Å². The standard InChI is InChI=1S/C13H22N4/c1-10-11(7-16(2)15-10)8-17-6-5-13(9-17)14-12-3-4-12/h7,12-14H,3-6,8-9H2,1-2H3. The second kappa shape index (κ2) is 4.42. The van der Waals surface area contributed by atoms with Crippen LogP contribution in [0, 0.1) is 6.92 Å². The minimum atomic E-state index is 0.722. The van der Waals surface area contributed by atoms with Crippen LogP contribution in [-0.4, -0.2) is 39.9 Å². The molecule has 1 aliphatic heterocycles. The summed E-state index contributed by atoms with van der Waals surface area (Å²) < 4.78 is 1.92. The van der Waals surface area contributed by atoms with Crippen LogP contribution in [0.5, 0.6) is 0 Å². The molecule has 1 N–H and O–H groups in total. The lowest BCUT2D eigenvalue weighted by molar-refractivity contribution is 0.319. The lowest BCUT2D eigenvalue weighted by Gasteiger charge is -2.16. The molecule has 1 aromatic heterocycles. The van der Waals surface area contributed by atoms with E-state index in [1.165, 1.54) is 43.6 Å². The van der Waals surface area contributed by atoms with Crippen LogP contribution in [0.15, 0.2) is 6.20 Å². The molecule has 2 heterocycles. The van der Waals surface area contributed by atoms with Crippen molar-refractivity contribution in [3.05, 3.63) is 17.5 Å². The van der Waals surface area contributed by atoms with E-state index in [1.54, 1.807) is 0 Å². The van der Waals surface area contributed by atoms with Crippen LogP contribution in [-0.2, 0) is 13.6 Å². The molecule has 1 aromatic rings. The van der Waals surface area contributed by atoms with Crippen LogP contribution in [0.3, 0.4) is 0 Å². The molecular weight excluding hydrogens is 212 g/mol. The molecule has 0 radical (unpaired) electrons. The maximum atomic E-state index is 4.40. The smallest absolute Gasteiger partial charge is 0.0638 e. The minimum absolute atomic E-state index is 0.722. The second-order valence-electron chi connectivity index (χ2n) is 5.58. The summed E-state index contributed by atoms with van der Waals surface area (Å²) in [6, 6.07) is 1.56. The monoisotopic (exact) mass is 234 g/mol. The zero-order valence-electron chi connectivity index (χ0n) is 10.8. The van der Waals surface area contributed by atoms with Gasteiger partial charge in [-0.2, -0.15) is 5.10 Å². The second-order valence-corrected chi connectivity index (χ2v) is 5.58. The number of aryl methyl sites for hydroxylation is 2. The van der Waals surface area contributed by atoms with Crippen molar-refractivity contribution in [2.75, 3.05) is 13.1 Å². The average Bonchev–Trinajstić information content (AvgIpc) is 2.88. The molecule has 1 atom stereocenters. The number of likely N-dealkylation sites (tertiary alicyclic amines) is 1. The Hall–Kier alpha value is -0.870. The first kappa shape index (κ1) is 11.2. The van der Waals surface area contributed by atoms with Crippen LogP contribution < -0.4 is 5.32 Å². The van der Waals surface area contributed by atoms with Crippen molar-refractivity contribution in [3.8, 4) is 0 Å². The van der Waals surface area contributed by atoms with E-state index >= 15 is 0 Å². The Morgan fingerprint density at radius 3 is 2.82 bits per heavy atom. The van der Waals surface area contributed by atoms with Gasteiger partial charge < -0.3 is 5.32 Å². The average molecular weight is 234 g/mol. The number of hydrogen-bond acceptors (Lipinski definition) is 3. The van der Waals surface area contributed by atoms with Gasteiger partial charge in [-0.15, -0.1) is 0 Å². The lowest BCUT2D eigenvalue weighted by atomic mass is 10.2. The molecule has 94 valence electrons. The Balaban J connectivity index is 1.54. The molecule has 0 bridgehead atoms. The normalized spacial score (nSPS) is 25.6. The van der Waals surface area contributed by atoms with Gasteiger partial charge in [-0.1, -0.05) is 0 Å². The van der Waals surface area contributed by atoms with E-state index in [0.717, 1.165) is 18.6 Å². The van der Waals surface area contributed by atoms with E-state index in [0.29, 0.717) is 0 Å². The molecular formula is C13H22N4. The van der Waals surface area contributed by atoms with Gasteiger partial charge in [0.05, 0.1) is 5.69 Å². The molecule has 4 nitrogen and oxygen atoms in total. The fraction of sp³-hybridized carbons (Fsp3) is 0.769. The van der Waals surface area contributed by atoms with Gasteiger partial charge in [0, 0.05) is 50.5 Å². The van der Waals surface area contributed by atoms with E-state index in [2.05, 4.69) is 28.4 Å². The van der Waals surface area contributed by atoms with Gasteiger partial charge in [-0.05, 0) is 26.2 Å². The summed E-state index contributed by atoms with van der Waals surface area (Å²) in [6.45, 7) is 5.58. The highest BCUT2D eigenvalue weighted by Gasteiger charge is 2.29. The summed E-state index contributed by atoms with van der Waals surface area (Å²) in [5.74, 6) is 0. The van der Waals surface area contributed by atoms with Crippen molar-refractivity contribution >= 4 is 0 Å². The molecule has 0 spiro atoms. The van der Waals surface area contributed by atoms with E-state index in [9.17, 15) is 0 Å². The van der Waals surface area contributed by atoms with Gasteiger partial charge >= 0.3 is 0 Å². The summed E-state index contributed by atoms with van der Waals surface area (Å²) >= 11 is 0. The molecule has 1 saturated carbocycles. The lowest BCUT2D eigenvalue weighted by Crippen LogP contribution is -2.33. The fourth-order valence-corrected chi connectivity index (χ4v) is 2.74. The molecule has 1 saturated heterocycles. The third-order valence-corrected chi connectivity index (χ3v) is 3.83. The summed E-state index contributed by atoms with van der Waals surface area (Å²) in [7, 11) is 2.00. The Labute approximate surface area is 103 Å². The van der Waals surface area contributed by atoms with Crippen molar-refractivity contribution in [1.82, 2.24) is 20.0 Å². The van der Waals surface area contributed by atoms with Crippen molar-refractivity contribution in [2.24, 2.45) is 7.05 Å². The molecule has 2 aliphatic rings. The van der Waals surface area contributed by atoms with E-state index < -0.39 is 0 Å². The van der Waals surface area contributed by atoms with Crippen LogP contribution >= 0.6 is 0 Å². The Morgan fingerprint density at radius 2 is 2.18 bits per heavy atom. The Kier molecular flexibility index (Phi) is 2.92. The molecule has 1 unspecified atom stereocenters. The predicted octanol–water partition coefficient (Wildman–Crippen LogP) is 1.05. The van der Waals surface area contributed by atoms with E-state index in [-0.39, 0.29) is 0 Å². The van der Waals surface area contributed by atoms with Crippen LogP contribution in [0.1, 0.15) is 30.5 Å². The first-order valence-corrected chi connectivity index (χ1v) is 6.68. The Morgan fingerprint density at radius 1 is 1.35 bits per heavy atom. The zero-order valence-corrected chi connectivity index (χ0v) is 10.8. The van der Waals surface area contributed by atoms with Crippen molar-refractivity contribution in [2.45, 2.75) is 44.8 Å². The van der Waals surface area contributed by atoms with Crippen molar-refractivity contribution in [1.29, 1.82) is 0 Å². The molecule has 3 rings (SSSR count). The van der Waals surface area contributed by atoms with E-state index in [1.807, 2.05) is 11.7 Å². The predicted molar refractivity (Wildman–Crippen MR) is 67.8 cm³/mol. The zero-order chi connectivity index (χ0) is 11.8. The number of nitrogens with zero attached hydrogens (tertiary/aromatic N) is 3. The van der Waals surface area contributed by atoms with Crippen molar-refractivity contribution < 1.29 is 0 Å². The topological polar surface area (TPSA) is 33.1 Å². The molecule has 4 heteroatoms. The fourth-order valence-electron chi connectivity index (χ4n) is 2.74. The van der Waals surface area contributed by atoms with Gasteiger partial charge in [0.2, 0.25) is 0 Å². The summed E-state index contributed by atoms with van der Waals surface area (Å²) in [4.78, 5) is 2.55. The number of hydrogen-bond donors (Lipinski definition) is 1. The SMILES string of the molecule is Cc1nn(C)cc1CN1CCC(NC2CC2)C1. The first-order chi connectivity index (χ1) is 8.20. The van der Waals surface area contributed by atoms with Crippen LogP contribution in [0.4, 0.5) is 0 Å². The quantitative estimate of drug-likeness (QED) is 0.845. The number of aromatic nitrogens is 2. The van der Waals surface area contributed by atoms with Gasteiger partial charge in [0.15, 0.2) is 0 Å². The third-order valence-electron chi connectivity index (χ3n) is 3.83. The molecule has 0 amide bonds. The van der Waals surface area contributed by atoms with Gasteiger partial charge in [-0.25, -0.2) is 0 Å². The third kappa shape index (κ3) is 2.69. The highest BCUT2D eigenvalue weighted by molar-refractivity contribution is 5.15. The largest absolute Gasteiger partial charge is 0.310 e. The van der Waals surface area contributed by atoms with Crippen LogP contribution in [0.2, 0.25) is 0 Å². The summed E-state index contributed by atoms with van der Waals surface area (Å²) in [5.41, 5.74) is 2.55. The van der Waals surface area contributed by atoms with Gasteiger partial charge in [-0.3, -0.25) is 9.58 Å². The first-order valence-electron chi connectivity index (χ1n) is 6.68. The van der Waals surface area contributed by atoms with Crippen molar-refractivity contribution in [3.63, 3.8) is 0 Å². The molecule has 1 aliphatic carbocycles. The highest BCUT2D eigenvalue weighted by Crippen LogP contribution is 2.22. The minimum Gasteiger partial charge on any atom is -0.310 e. The number of nitrogens with one attached hydrogen (secondary N) is 1. The maximum Gasteiger partial charge on any atom is 0.0638 e. The molecule has 17 heavy (non-hydrogen) atoms. The van der Waals surface area contributed by atoms with Crippen LogP contribution in [0.25, 0.3) is 0 Å². The number of rotatable bonds is 4. The maximum absolute atomic E-state index is 4.40. The molecule has 2 fully saturated rings. The summed E-state index contributed by atoms with van der Waals surface area (Å²) in [6.07, 6.45) is 6.23. The highest BCUT2D eigenvalue weighted by atomic mass is 15.3. The Bertz CT molecular complexity index is 394. The van der Waals surface area contributed by atoms with E-state index in [4.69, 9.17) is 0 Å². The van der Waals surface area contributed by atoms with Gasteiger partial charge in [0.25, 0.3) is 0 Å². The summed E-state index contributed by atoms with van der Waals surface area (Å²) in [5, 5.41) is 8.13. The molecule has 0 aromatic carbocycles.